The fraction of sp³-hybridized carbons (Fsp3) is 0.333. The summed E-state index contributed by atoms with van der Waals surface area (Å²) in [5, 5.41) is 0. The van der Waals surface area contributed by atoms with E-state index in [1.54, 1.807) is 0 Å². The van der Waals surface area contributed by atoms with Gasteiger partial charge in [0, 0.05) is 0 Å². The van der Waals surface area contributed by atoms with Crippen LogP contribution in [0.5, 0.6) is 0 Å². The molecule has 96 valence electrons. The molecule has 1 aromatic carbocycles. The van der Waals surface area contributed by atoms with Crippen LogP contribution >= 0.6 is 0 Å². The summed E-state index contributed by atoms with van der Waals surface area (Å²) in [6.45, 7) is 10.2. The van der Waals surface area contributed by atoms with Gasteiger partial charge in [0.2, 0.25) is 0 Å². The Morgan fingerprint density at radius 2 is 1.89 bits per heavy atom. The summed E-state index contributed by atoms with van der Waals surface area (Å²) >= 11 is 0. The quantitative estimate of drug-likeness (QED) is 0.617. The summed E-state index contributed by atoms with van der Waals surface area (Å²) < 4.78 is 0. The molecule has 0 N–H and O–H groups in total. The molecule has 0 amide bonds. The number of allylic oxidation sites excluding steroid dienone is 5. The van der Waals surface area contributed by atoms with Crippen LogP contribution in [0.15, 0.2) is 60.7 Å². The zero-order valence-corrected chi connectivity index (χ0v) is 11.8. The maximum absolute atomic E-state index is 3.76. The molecule has 0 bridgehead atoms. The molecule has 0 saturated carbocycles. The van der Waals surface area contributed by atoms with Crippen molar-refractivity contribution in [2.75, 3.05) is 0 Å². The monoisotopic (exact) mass is 240 g/mol. The van der Waals surface area contributed by atoms with E-state index in [-0.39, 0.29) is 0 Å². The van der Waals surface area contributed by atoms with Gasteiger partial charge in [-0.3, -0.25) is 0 Å². The highest BCUT2D eigenvalue weighted by Crippen LogP contribution is 2.18. The lowest BCUT2D eigenvalue weighted by molar-refractivity contribution is 0.596. The van der Waals surface area contributed by atoms with E-state index in [4.69, 9.17) is 0 Å². The van der Waals surface area contributed by atoms with Crippen molar-refractivity contribution in [3.63, 3.8) is 0 Å². The molecule has 0 radical (unpaired) electrons. The van der Waals surface area contributed by atoms with Gasteiger partial charge in [-0.25, -0.2) is 0 Å². The largest absolute Gasteiger partial charge is 0.0988 e. The third kappa shape index (κ3) is 5.67. The van der Waals surface area contributed by atoms with Crippen LogP contribution in [-0.2, 0) is 0 Å². The third-order valence-corrected chi connectivity index (χ3v) is 3.00. The van der Waals surface area contributed by atoms with E-state index < -0.39 is 0 Å². The lowest BCUT2D eigenvalue weighted by atomic mass is 10.0. The Labute approximate surface area is 112 Å². The molecule has 0 heterocycles. The van der Waals surface area contributed by atoms with E-state index in [9.17, 15) is 0 Å². The third-order valence-electron chi connectivity index (χ3n) is 3.00. The van der Waals surface area contributed by atoms with Gasteiger partial charge in [-0.05, 0) is 38.2 Å². The maximum Gasteiger partial charge on any atom is -0.0250 e. The second-order valence-corrected chi connectivity index (χ2v) is 5.08. The van der Waals surface area contributed by atoms with Crippen molar-refractivity contribution in [1.29, 1.82) is 0 Å². The average Bonchev–Trinajstić information content (AvgIpc) is 2.54. The Hall–Kier alpha value is -1.56. The van der Waals surface area contributed by atoms with Crippen LogP contribution in [-0.4, -0.2) is 0 Å². The van der Waals surface area contributed by atoms with Crippen molar-refractivity contribution in [2.24, 2.45) is 5.92 Å². The summed E-state index contributed by atoms with van der Waals surface area (Å²) in [4.78, 5) is 0. The van der Waals surface area contributed by atoms with Gasteiger partial charge in [-0.2, -0.15) is 0 Å². The van der Waals surface area contributed by atoms with Gasteiger partial charge < -0.3 is 0 Å². The Bertz CT molecular complexity index is 418. The highest BCUT2D eigenvalue weighted by molar-refractivity contribution is 5.24. The number of hydrogen-bond acceptors (Lipinski definition) is 0. The molecular formula is C18H24. The standard InChI is InChI=1S/C10H14.C8H10/c1-3-10-7-5-4-6-9(2)8-10;1-7-4-3-5-8(2)6-7/h3-5,7,9H,1,6,8H2,2H3;3-6H,1-2H3. The second kappa shape index (κ2) is 7.71. The van der Waals surface area contributed by atoms with Crippen LogP contribution in [0.3, 0.4) is 0 Å². The molecule has 18 heavy (non-hydrogen) atoms. The zero-order chi connectivity index (χ0) is 13.4. The van der Waals surface area contributed by atoms with Crippen LogP contribution in [0.25, 0.3) is 0 Å². The fourth-order valence-electron chi connectivity index (χ4n) is 2.01. The zero-order valence-electron chi connectivity index (χ0n) is 11.8. The molecule has 1 aliphatic rings. The Morgan fingerprint density at radius 1 is 1.22 bits per heavy atom. The van der Waals surface area contributed by atoms with Crippen molar-refractivity contribution in [3.05, 3.63) is 71.8 Å². The van der Waals surface area contributed by atoms with E-state index in [0.29, 0.717) is 0 Å². The molecule has 1 aromatic rings. The van der Waals surface area contributed by atoms with E-state index in [1.165, 1.54) is 29.5 Å². The van der Waals surface area contributed by atoms with Crippen LogP contribution in [0.2, 0.25) is 0 Å². The Balaban J connectivity index is 0.000000184. The number of benzene rings is 1. The van der Waals surface area contributed by atoms with Gasteiger partial charge in [0.15, 0.2) is 0 Å². The first-order chi connectivity index (χ1) is 8.61. The molecule has 1 unspecified atom stereocenters. The molecule has 0 nitrogen and oxygen atoms in total. The molecule has 0 fully saturated rings. The van der Waals surface area contributed by atoms with Crippen LogP contribution < -0.4 is 0 Å². The summed E-state index contributed by atoms with van der Waals surface area (Å²) in [7, 11) is 0. The Morgan fingerprint density at radius 3 is 2.39 bits per heavy atom. The highest BCUT2D eigenvalue weighted by atomic mass is 14.1. The van der Waals surface area contributed by atoms with E-state index in [1.807, 2.05) is 6.08 Å². The van der Waals surface area contributed by atoms with Gasteiger partial charge in [0.05, 0.1) is 0 Å². The topological polar surface area (TPSA) is 0 Å². The number of rotatable bonds is 1. The molecule has 0 aromatic heterocycles. The first kappa shape index (κ1) is 14.5. The minimum Gasteiger partial charge on any atom is -0.0988 e. The SMILES string of the molecule is C=CC1=CC=CCC(C)C1.Cc1cccc(C)c1. The van der Waals surface area contributed by atoms with Crippen molar-refractivity contribution >= 4 is 0 Å². The number of hydrogen-bond donors (Lipinski definition) is 0. The molecule has 2 rings (SSSR count). The highest BCUT2D eigenvalue weighted by Gasteiger charge is 2.03. The molecule has 0 spiro atoms. The normalized spacial score (nSPS) is 18.2. The van der Waals surface area contributed by atoms with E-state index in [2.05, 4.69) is 69.8 Å². The predicted octanol–water partition coefficient (Wildman–Crippen LogP) is 5.39. The van der Waals surface area contributed by atoms with Gasteiger partial charge in [0.25, 0.3) is 0 Å². The molecule has 0 saturated heterocycles. The lowest BCUT2D eigenvalue weighted by Crippen LogP contribution is -1.91. The minimum atomic E-state index is 0.781. The van der Waals surface area contributed by atoms with Gasteiger partial charge in [-0.15, -0.1) is 0 Å². The molecule has 0 aliphatic heterocycles. The molecule has 0 heteroatoms. The fourth-order valence-corrected chi connectivity index (χ4v) is 2.01. The summed E-state index contributed by atoms with van der Waals surface area (Å²) in [6, 6.07) is 8.45. The van der Waals surface area contributed by atoms with Crippen LogP contribution in [0.1, 0.15) is 30.9 Å². The van der Waals surface area contributed by atoms with Gasteiger partial charge in [0.1, 0.15) is 0 Å². The molecule has 1 atom stereocenters. The van der Waals surface area contributed by atoms with Crippen LogP contribution in [0.4, 0.5) is 0 Å². The first-order valence-corrected chi connectivity index (χ1v) is 6.63. The molecular weight excluding hydrogens is 216 g/mol. The lowest BCUT2D eigenvalue weighted by Gasteiger charge is -2.05. The summed E-state index contributed by atoms with van der Waals surface area (Å²) in [5.74, 6) is 0.781. The Kier molecular flexibility index (Phi) is 6.21. The van der Waals surface area contributed by atoms with Gasteiger partial charge in [-0.1, -0.05) is 73.2 Å². The maximum atomic E-state index is 3.76. The van der Waals surface area contributed by atoms with Crippen molar-refractivity contribution in [1.82, 2.24) is 0 Å². The first-order valence-electron chi connectivity index (χ1n) is 6.63. The summed E-state index contributed by atoms with van der Waals surface area (Å²) in [5.41, 5.74) is 4.04. The van der Waals surface area contributed by atoms with Crippen molar-refractivity contribution < 1.29 is 0 Å². The second-order valence-electron chi connectivity index (χ2n) is 5.08. The van der Waals surface area contributed by atoms with Crippen molar-refractivity contribution in [3.8, 4) is 0 Å². The smallest absolute Gasteiger partial charge is 0.0250 e. The van der Waals surface area contributed by atoms with Crippen molar-refractivity contribution in [2.45, 2.75) is 33.6 Å². The number of aryl methyl sites for hydroxylation is 2. The summed E-state index contributed by atoms with van der Waals surface area (Å²) in [6.07, 6.45) is 10.8. The van der Waals surface area contributed by atoms with Gasteiger partial charge >= 0.3 is 0 Å². The average molecular weight is 240 g/mol. The van der Waals surface area contributed by atoms with E-state index >= 15 is 0 Å². The van der Waals surface area contributed by atoms with E-state index in [0.717, 1.165) is 5.92 Å². The molecule has 1 aliphatic carbocycles. The van der Waals surface area contributed by atoms with Crippen LogP contribution in [0, 0.1) is 19.8 Å². The minimum absolute atomic E-state index is 0.781. The predicted molar refractivity (Wildman–Crippen MR) is 81.7 cm³/mol.